The van der Waals surface area contributed by atoms with Crippen LogP contribution in [0, 0.1) is 0 Å². The number of hydrogen-bond acceptors (Lipinski definition) is 6. The zero-order chi connectivity index (χ0) is 22.7. The maximum atomic E-state index is 13.5. The second-order valence-electron chi connectivity index (χ2n) is 7.61. The Bertz CT molecular complexity index is 1160. The molecule has 8 heteroatoms. The first-order valence-electron chi connectivity index (χ1n) is 10.4. The Labute approximate surface area is 195 Å². The highest BCUT2D eigenvalue weighted by Gasteiger charge is 2.33. The number of hydrogen-bond donors (Lipinski definition) is 1. The van der Waals surface area contributed by atoms with Crippen molar-refractivity contribution < 1.29 is 9.53 Å². The van der Waals surface area contributed by atoms with Crippen LogP contribution in [0.2, 0.25) is 0 Å². The normalized spacial score (nSPS) is 17.1. The van der Waals surface area contributed by atoms with Gasteiger partial charge in [0.1, 0.15) is 10.8 Å². The molecular weight excluding hydrogens is 442 g/mol. The monoisotopic (exact) mass is 467 g/mol. The molecule has 166 valence electrons. The van der Waals surface area contributed by atoms with Gasteiger partial charge >= 0.3 is 0 Å². The van der Waals surface area contributed by atoms with Crippen LogP contribution in [0.15, 0.2) is 69.6 Å². The van der Waals surface area contributed by atoms with Gasteiger partial charge in [-0.1, -0.05) is 55.9 Å². The molecule has 2 aromatic carbocycles. The van der Waals surface area contributed by atoms with Gasteiger partial charge in [-0.3, -0.25) is 14.2 Å². The number of fused-ring (bicyclic) bond motifs is 1. The largest absolute Gasteiger partial charge is 0.497 e. The summed E-state index contributed by atoms with van der Waals surface area (Å²) in [6.45, 7) is 4.64. The van der Waals surface area contributed by atoms with Gasteiger partial charge in [0, 0.05) is 17.7 Å². The topological polar surface area (TPSA) is 73.2 Å². The first-order chi connectivity index (χ1) is 15.5. The summed E-state index contributed by atoms with van der Waals surface area (Å²) >= 11 is 2.89. The molecule has 0 unspecified atom stereocenters. The predicted octanol–water partition coefficient (Wildman–Crippen LogP) is 4.25. The molecule has 0 radical (unpaired) electrons. The van der Waals surface area contributed by atoms with Crippen LogP contribution in [0.1, 0.15) is 30.9 Å². The number of carbonyl (C=O) groups is 1. The third-order valence-corrected chi connectivity index (χ3v) is 7.76. The van der Waals surface area contributed by atoms with E-state index in [1.165, 1.54) is 11.8 Å². The molecule has 32 heavy (non-hydrogen) atoms. The number of nitrogens with zero attached hydrogens (tertiary/aromatic N) is 2. The van der Waals surface area contributed by atoms with Gasteiger partial charge in [0.2, 0.25) is 5.91 Å². The first-order valence-corrected chi connectivity index (χ1v) is 12.3. The Morgan fingerprint density at radius 1 is 1.16 bits per heavy atom. The highest BCUT2D eigenvalue weighted by Crippen LogP contribution is 2.43. The van der Waals surface area contributed by atoms with Gasteiger partial charge in [-0.15, -0.1) is 11.8 Å². The fraction of sp³-hybridized carbons (Fsp3) is 0.292. The summed E-state index contributed by atoms with van der Waals surface area (Å²) < 4.78 is 6.86. The molecule has 0 saturated carbocycles. The van der Waals surface area contributed by atoms with Gasteiger partial charge in [0.15, 0.2) is 5.16 Å². The Hall–Kier alpha value is -2.71. The molecule has 4 rings (SSSR count). The van der Waals surface area contributed by atoms with Crippen molar-refractivity contribution in [1.29, 1.82) is 0 Å². The van der Waals surface area contributed by atoms with Crippen molar-refractivity contribution in [2.24, 2.45) is 0 Å². The number of amides is 1. The molecule has 1 aromatic heterocycles. The minimum Gasteiger partial charge on any atom is -0.497 e. The van der Waals surface area contributed by atoms with Gasteiger partial charge < -0.3 is 10.1 Å². The van der Waals surface area contributed by atoms with E-state index in [-0.39, 0.29) is 28.4 Å². The van der Waals surface area contributed by atoms with E-state index in [2.05, 4.69) is 19.2 Å². The van der Waals surface area contributed by atoms with Crippen LogP contribution in [0.3, 0.4) is 0 Å². The molecule has 2 atom stereocenters. The van der Waals surface area contributed by atoms with Crippen LogP contribution in [0.5, 0.6) is 5.75 Å². The average molecular weight is 468 g/mol. The summed E-state index contributed by atoms with van der Waals surface area (Å²) in [5, 5.41) is 4.50. The molecule has 1 amide bonds. The van der Waals surface area contributed by atoms with Crippen LogP contribution in [0.25, 0.3) is 5.69 Å². The predicted molar refractivity (Wildman–Crippen MR) is 129 cm³/mol. The summed E-state index contributed by atoms with van der Waals surface area (Å²) in [5.41, 5.74) is 2.42. The first kappa shape index (κ1) is 22.5. The molecule has 0 bridgehead atoms. The lowest BCUT2D eigenvalue weighted by Crippen LogP contribution is -2.28. The SMILES string of the molecule is COc1ccc(-n2c(SCC(=O)NCc3ccccc3)nc3c(c2=O)[C@H](C)[C@H](C)S3)cc1. The van der Waals surface area contributed by atoms with Gasteiger partial charge in [0.25, 0.3) is 5.56 Å². The van der Waals surface area contributed by atoms with E-state index >= 15 is 0 Å². The number of methoxy groups -OCH3 is 1. The summed E-state index contributed by atoms with van der Waals surface area (Å²) in [7, 11) is 1.60. The zero-order valence-corrected chi connectivity index (χ0v) is 19.8. The Kier molecular flexibility index (Phi) is 6.91. The van der Waals surface area contributed by atoms with Gasteiger partial charge in [-0.2, -0.15) is 0 Å². The maximum absolute atomic E-state index is 13.5. The minimum absolute atomic E-state index is 0.0725. The number of benzene rings is 2. The molecule has 1 aliphatic rings. The quantitative estimate of drug-likeness (QED) is 0.318. The molecule has 6 nitrogen and oxygen atoms in total. The van der Waals surface area contributed by atoms with Crippen LogP contribution in [0.4, 0.5) is 0 Å². The Morgan fingerprint density at radius 2 is 1.88 bits per heavy atom. The third-order valence-electron chi connectivity index (χ3n) is 5.50. The number of aromatic nitrogens is 2. The third kappa shape index (κ3) is 4.71. The summed E-state index contributed by atoms with van der Waals surface area (Å²) in [5.74, 6) is 0.893. The molecule has 0 fully saturated rings. The van der Waals surface area contributed by atoms with E-state index in [1.54, 1.807) is 23.4 Å². The summed E-state index contributed by atoms with van der Waals surface area (Å²) in [6.07, 6.45) is 0. The lowest BCUT2D eigenvalue weighted by molar-refractivity contribution is -0.118. The Balaban J connectivity index is 1.60. The highest BCUT2D eigenvalue weighted by atomic mass is 32.2. The maximum Gasteiger partial charge on any atom is 0.263 e. The zero-order valence-electron chi connectivity index (χ0n) is 18.2. The lowest BCUT2D eigenvalue weighted by Gasteiger charge is -2.15. The number of carbonyl (C=O) groups excluding carboxylic acids is 1. The van der Waals surface area contributed by atoms with Crippen LogP contribution in [-0.4, -0.2) is 33.6 Å². The molecule has 1 aliphatic heterocycles. The van der Waals surface area contributed by atoms with E-state index in [0.29, 0.717) is 23.1 Å². The molecule has 2 heterocycles. The molecule has 0 saturated heterocycles. The second-order valence-corrected chi connectivity index (χ2v) is 9.92. The van der Waals surface area contributed by atoms with Crippen molar-refractivity contribution in [3.63, 3.8) is 0 Å². The van der Waals surface area contributed by atoms with Crippen LogP contribution >= 0.6 is 23.5 Å². The summed E-state index contributed by atoms with van der Waals surface area (Å²) in [4.78, 5) is 30.8. The average Bonchev–Trinajstić information content (AvgIpc) is 3.10. The van der Waals surface area contributed by atoms with E-state index in [4.69, 9.17) is 9.72 Å². The van der Waals surface area contributed by atoms with Gasteiger partial charge in [-0.25, -0.2) is 4.98 Å². The van der Waals surface area contributed by atoms with E-state index in [0.717, 1.165) is 16.2 Å². The molecule has 3 aromatic rings. The second kappa shape index (κ2) is 9.83. The van der Waals surface area contributed by atoms with Gasteiger partial charge in [-0.05, 0) is 29.8 Å². The minimum atomic E-state index is -0.107. The number of ether oxygens (including phenoxy) is 1. The van der Waals surface area contributed by atoms with Crippen molar-refractivity contribution in [1.82, 2.24) is 14.9 Å². The van der Waals surface area contributed by atoms with Crippen molar-refractivity contribution >= 4 is 29.4 Å². The van der Waals surface area contributed by atoms with Crippen molar-refractivity contribution in [3.8, 4) is 11.4 Å². The smallest absolute Gasteiger partial charge is 0.263 e. The van der Waals surface area contributed by atoms with E-state index in [1.807, 2.05) is 54.6 Å². The van der Waals surface area contributed by atoms with Crippen molar-refractivity contribution in [2.45, 2.75) is 41.7 Å². The van der Waals surface area contributed by atoms with E-state index < -0.39 is 0 Å². The van der Waals surface area contributed by atoms with Crippen LogP contribution < -0.4 is 15.6 Å². The van der Waals surface area contributed by atoms with Crippen molar-refractivity contribution in [3.05, 3.63) is 76.1 Å². The molecule has 1 N–H and O–H groups in total. The lowest BCUT2D eigenvalue weighted by atomic mass is 10.0. The van der Waals surface area contributed by atoms with Crippen molar-refractivity contribution in [2.75, 3.05) is 12.9 Å². The fourth-order valence-corrected chi connectivity index (χ4v) is 5.65. The summed E-state index contributed by atoms with van der Waals surface area (Å²) in [6, 6.07) is 17.1. The molecular formula is C24H25N3O3S2. The fourth-order valence-electron chi connectivity index (χ4n) is 3.52. The standard InChI is InChI=1S/C24H25N3O3S2/c1-15-16(2)32-22-21(15)23(29)27(18-9-11-19(30-3)12-10-18)24(26-22)31-14-20(28)25-13-17-7-5-4-6-8-17/h4-12,15-16H,13-14H2,1-3H3,(H,25,28)/t15-,16+/m1/s1. The van der Waals surface area contributed by atoms with E-state index in [9.17, 15) is 9.59 Å². The molecule has 0 aliphatic carbocycles. The highest BCUT2D eigenvalue weighted by molar-refractivity contribution is 8.00. The number of rotatable bonds is 7. The number of nitrogens with one attached hydrogen (secondary N) is 1. The van der Waals surface area contributed by atoms with Crippen LogP contribution in [-0.2, 0) is 11.3 Å². The Morgan fingerprint density at radius 3 is 2.56 bits per heavy atom. The number of thioether (sulfide) groups is 2. The van der Waals surface area contributed by atoms with Gasteiger partial charge in [0.05, 0.1) is 24.1 Å². The molecule has 0 spiro atoms.